The van der Waals surface area contributed by atoms with Gasteiger partial charge in [0.1, 0.15) is 6.10 Å². The van der Waals surface area contributed by atoms with E-state index in [2.05, 4.69) is 0 Å². The van der Waals surface area contributed by atoms with Gasteiger partial charge in [0.25, 0.3) is 0 Å². The van der Waals surface area contributed by atoms with Crippen molar-refractivity contribution >= 4 is 16.0 Å². The van der Waals surface area contributed by atoms with Crippen LogP contribution in [0.3, 0.4) is 0 Å². The van der Waals surface area contributed by atoms with Gasteiger partial charge in [-0.05, 0) is 51.7 Å². The van der Waals surface area contributed by atoms with Crippen LogP contribution in [0.5, 0.6) is 0 Å². The Hall–Kier alpha value is -1.40. The molecule has 1 heterocycles. The van der Waals surface area contributed by atoms with Crippen molar-refractivity contribution in [3.05, 3.63) is 29.8 Å². The number of hydrogen-bond donors (Lipinski definition) is 0. The van der Waals surface area contributed by atoms with Crippen molar-refractivity contribution in [1.29, 1.82) is 0 Å². The van der Waals surface area contributed by atoms with Gasteiger partial charge in [-0.1, -0.05) is 31.5 Å². The quantitative estimate of drug-likeness (QED) is 0.769. The Morgan fingerprint density at radius 1 is 1.20 bits per heavy atom. The lowest BCUT2D eigenvalue weighted by molar-refractivity contribution is -0.162. The standard InChI is InChI=1S/C19H29NO4S/c1-14-7-9-16(10-8-14)25(22,23)20-12-15(11-19(5,6)13-20)24-17(21)18(2,3)4/h7-10,15H,11-13H2,1-6H3. The van der Waals surface area contributed by atoms with Crippen molar-refractivity contribution in [3.63, 3.8) is 0 Å². The summed E-state index contributed by atoms with van der Waals surface area (Å²) in [6.45, 7) is 11.9. The third-order valence-electron chi connectivity index (χ3n) is 4.34. The third kappa shape index (κ3) is 4.82. The van der Waals surface area contributed by atoms with E-state index in [1.54, 1.807) is 45.0 Å². The fraction of sp³-hybridized carbons (Fsp3) is 0.632. The monoisotopic (exact) mass is 367 g/mol. The first-order valence-electron chi connectivity index (χ1n) is 8.59. The van der Waals surface area contributed by atoms with E-state index in [1.807, 2.05) is 20.8 Å². The van der Waals surface area contributed by atoms with Crippen molar-refractivity contribution in [2.75, 3.05) is 13.1 Å². The smallest absolute Gasteiger partial charge is 0.311 e. The second kappa shape index (κ2) is 6.72. The van der Waals surface area contributed by atoms with Crippen LogP contribution in [0.4, 0.5) is 0 Å². The first-order valence-corrected chi connectivity index (χ1v) is 10.0. The van der Waals surface area contributed by atoms with E-state index in [9.17, 15) is 13.2 Å². The second-order valence-corrected chi connectivity index (χ2v) is 10.7. The summed E-state index contributed by atoms with van der Waals surface area (Å²) in [4.78, 5) is 12.5. The van der Waals surface area contributed by atoms with Crippen molar-refractivity contribution in [2.24, 2.45) is 10.8 Å². The third-order valence-corrected chi connectivity index (χ3v) is 6.16. The van der Waals surface area contributed by atoms with Gasteiger partial charge in [0, 0.05) is 6.54 Å². The van der Waals surface area contributed by atoms with Gasteiger partial charge < -0.3 is 4.74 Å². The van der Waals surface area contributed by atoms with Crippen LogP contribution in [0.15, 0.2) is 29.2 Å². The molecule has 1 saturated heterocycles. The van der Waals surface area contributed by atoms with Crippen LogP contribution in [-0.4, -0.2) is 37.9 Å². The predicted molar refractivity (Wildman–Crippen MR) is 97.7 cm³/mol. The number of hydrogen-bond acceptors (Lipinski definition) is 4. The minimum Gasteiger partial charge on any atom is -0.461 e. The van der Waals surface area contributed by atoms with Crippen LogP contribution in [0.1, 0.15) is 46.6 Å². The Morgan fingerprint density at radius 3 is 2.28 bits per heavy atom. The summed E-state index contributed by atoms with van der Waals surface area (Å²) in [6, 6.07) is 6.84. The van der Waals surface area contributed by atoms with Crippen molar-refractivity contribution < 1.29 is 17.9 Å². The first kappa shape index (κ1) is 19.9. The number of rotatable bonds is 3. The number of esters is 1. The molecule has 2 rings (SSSR count). The molecule has 1 aliphatic heterocycles. The topological polar surface area (TPSA) is 63.7 Å². The number of aryl methyl sites for hydroxylation is 1. The highest BCUT2D eigenvalue weighted by atomic mass is 32.2. The Morgan fingerprint density at radius 2 is 1.76 bits per heavy atom. The van der Waals surface area contributed by atoms with Gasteiger partial charge in [0.2, 0.25) is 10.0 Å². The van der Waals surface area contributed by atoms with E-state index in [-0.39, 0.29) is 22.8 Å². The number of piperidine rings is 1. The lowest BCUT2D eigenvalue weighted by Crippen LogP contribution is -2.51. The van der Waals surface area contributed by atoms with Gasteiger partial charge in [-0.15, -0.1) is 0 Å². The zero-order chi connectivity index (χ0) is 19.0. The highest BCUT2D eigenvalue weighted by Crippen LogP contribution is 2.34. The molecule has 140 valence electrons. The minimum atomic E-state index is -3.61. The van der Waals surface area contributed by atoms with Gasteiger partial charge >= 0.3 is 5.97 Å². The van der Waals surface area contributed by atoms with E-state index < -0.39 is 21.5 Å². The molecule has 0 amide bonds. The number of ether oxygens (including phenoxy) is 1. The fourth-order valence-corrected chi connectivity index (χ4v) is 4.62. The average molecular weight is 368 g/mol. The SMILES string of the molecule is Cc1ccc(S(=O)(=O)N2CC(OC(=O)C(C)(C)C)CC(C)(C)C2)cc1. The average Bonchev–Trinajstić information content (AvgIpc) is 2.45. The maximum Gasteiger partial charge on any atom is 0.311 e. The van der Waals surface area contributed by atoms with Crippen LogP contribution in [0.2, 0.25) is 0 Å². The van der Waals surface area contributed by atoms with Crippen LogP contribution in [0, 0.1) is 17.8 Å². The van der Waals surface area contributed by atoms with Gasteiger partial charge in [0.05, 0.1) is 16.9 Å². The Kier molecular flexibility index (Phi) is 5.36. The number of carbonyl (C=O) groups is 1. The molecule has 0 aliphatic carbocycles. The van der Waals surface area contributed by atoms with Gasteiger partial charge in [-0.2, -0.15) is 4.31 Å². The maximum atomic E-state index is 13.0. The van der Waals surface area contributed by atoms with Crippen LogP contribution in [-0.2, 0) is 19.6 Å². The van der Waals surface area contributed by atoms with Crippen molar-refractivity contribution in [2.45, 2.75) is 59.0 Å². The summed E-state index contributed by atoms with van der Waals surface area (Å²) in [7, 11) is -3.61. The van der Waals surface area contributed by atoms with E-state index in [4.69, 9.17) is 4.74 Å². The highest BCUT2D eigenvalue weighted by molar-refractivity contribution is 7.89. The molecule has 1 fully saturated rings. The van der Waals surface area contributed by atoms with E-state index in [0.717, 1.165) is 5.56 Å². The molecule has 0 bridgehead atoms. The second-order valence-electron chi connectivity index (χ2n) is 8.76. The zero-order valence-electron chi connectivity index (χ0n) is 16.0. The molecular weight excluding hydrogens is 338 g/mol. The van der Waals surface area contributed by atoms with Gasteiger partial charge in [-0.25, -0.2) is 8.42 Å². The summed E-state index contributed by atoms with van der Waals surface area (Å²) in [6.07, 6.45) is 0.213. The Labute approximate surface area is 151 Å². The molecule has 0 spiro atoms. The van der Waals surface area contributed by atoms with Crippen molar-refractivity contribution in [1.82, 2.24) is 4.31 Å². The van der Waals surface area contributed by atoms with E-state index >= 15 is 0 Å². The number of nitrogens with zero attached hydrogens (tertiary/aromatic N) is 1. The van der Waals surface area contributed by atoms with E-state index in [1.165, 1.54) is 4.31 Å². The first-order chi connectivity index (χ1) is 11.3. The molecule has 1 aromatic carbocycles. The summed E-state index contributed by atoms with van der Waals surface area (Å²) < 4.78 is 33.1. The number of carbonyl (C=O) groups excluding carboxylic acids is 1. The summed E-state index contributed by atoms with van der Waals surface area (Å²) in [5, 5.41) is 0. The molecule has 0 radical (unpaired) electrons. The molecule has 0 N–H and O–H groups in total. The number of sulfonamides is 1. The number of benzene rings is 1. The molecule has 25 heavy (non-hydrogen) atoms. The van der Waals surface area contributed by atoms with Crippen LogP contribution < -0.4 is 0 Å². The fourth-order valence-electron chi connectivity index (χ4n) is 2.96. The molecule has 0 aromatic heterocycles. The Balaban J connectivity index is 2.25. The molecule has 1 aliphatic rings. The van der Waals surface area contributed by atoms with E-state index in [0.29, 0.717) is 13.0 Å². The van der Waals surface area contributed by atoms with Gasteiger partial charge in [-0.3, -0.25) is 4.79 Å². The highest BCUT2D eigenvalue weighted by Gasteiger charge is 2.41. The van der Waals surface area contributed by atoms with Gasteiger partial charge in [0.15, 0.2) is 0 Å². The van der Waals surface area contributed by atoms with Crippen LogP contribution in [0.25, 0.3) is 0 Å². The molecule has 6 heteroatoms. The lowest BCUT2D eigenvalue weighted by Gasteiger charge is -2.41. The maximum absolute atomic E-state index is 13.0. The molecule has 5 nitrogen and oxygen atoms in total. The lowest BCUT2D eigenvalue weighted by atomic mass is 9.83. The Bertz CT molecular complexity index is 730. The molecule has 1 unspecified atom stereocenters. The largest absolute Gasteiger partial charge is 0.461 e. The molecule has 1 aromatic rings. The van der Waals surface area contributed by atoms with Crippen molar-refractivity contribution in [3.8, 4) is 0 Å². The summed E-state index contributed by atoms with van der Waals surface area (Å²) in [5.41, 5.74) is 0.135. The van der Waals surface area contributed by atoms with Crippen LogP contribution >= 0.6 is 0 Å². The normalized spacial score (nSPS) is 21.8. The molecule has 0 saturated carbocycles. The summed E-state index contributed by atoms with van der Waals surface area (Å²) in [5.74, 6) is -0.303. The molecular formula is C19H29NO4S. The zero-order valence-corrected chi connectivity index (χ0v) is 16.8. The molecule has 1 atom stereocenters. The summed E-state index contributed by atoms with van der Waals surface area (Å²) >= 11 is 0. The predicted octanol–water partition coefficient (Wildman–Crippen LogP) is 3.37. The minimum absolute atomic E-state index is 0.196.